The van der Waals surface area contributed by atoms with Crippen LogP contribution in [0, 0.1) is 5.41 Å². The van der Waals surface area contributed by atoms with E-state index in [9.17, 15) is 5.11 Å². The van der Waals surface area contributed by atoms with Gasteiger partial charge in [-0.25, -0.2) is 0 Å². The third-order valence-corrected chi connectivity index (χ3v) is 6.18. The summed E-state index contributed by atoms with van der Waals surface area (Å²) in [5.74, 6) is 0. The molecule has 1 saturated carbocycles. The fraction of sp³-hybridized carbons (Fsp3) is 0.625. The highest BCUT2D eigenvalue weighted by atomic mass is 79.9. The van der Waals surface area contributed by atoms with Gasteiger partial charge in [-0.3, -0.25) is 0 Å². The molecule has 1 aliphatic rings. The minimum Gasteiger partial charge on any atom is -0.389 e. The van der Waals surface area contributed by atoms with Crippen molar-refractivity contribution in [3.63, 3.8) is 0 Å². The molecular weight excluding hydrogens is 382 g/mol. The highest BCUT2D eigenvalue weighted by Crippen LogP contribution is 2.39. The van der Waals surface area contributed by atoms with Gasteiger partial charge in [0.25, 0.3) is 0 Å². The van der Waals surface area contributed by atoms with Crippen LogP contribution in [0.1, 0.15) is 45.1 Å². The first-order valence-corrected chi connectivity index (χ1v) is 8.75. The van der Waals surface area contributed by atoms with Gasteiger partial charge in [0, 0.05) is 22.0 Å². The SMILES string of the molecule is CC1(C)CCC(O)(CNCc2ccc(Br)c(Br)c2)CC1. The summed E-state index contributed by atoms with van der Waals surface area (Å²) >= 11 is 6.99. The Balaban J connectivity index is 1.82. The summed E-state index contributed by atoms with van der Waals surface area (Å²) in [5.41, 5.74) is 1.09. The van der Waals surface area contributed by atoms with Gasteiger partial charge in [-0.1, -0.05) is 19.9 Å². The van der Waals surface area contributed by atoms with E-state index in [4.69, 9.17) is 0 Å². The summed E-state index contributed by atoms with van der Waals surface area (Å²) in [4.78, 5) is 0. The minimum absolute atomic E-state index is 0.392. The van der Waals surface area contributed by atoms with Crippen molar-refractivity contribution in [3.8, 4) is 0 Å². The third-order valence-electron chi connectivity index (χ3n) is 4.30. The quantitative estimate of drug-likeness (QED) is 0.766. The van der Waals surface area contributed by atoms with E-state index in [-0.39, 0.29) is 0 Å². The molecule has 4 heteroatoms. The van der Waals surface area contributed by atoms with E-state index in [1.165, 1.54) is 5.56 Å². The summed E-state index contributed by atoms with van der Waals surface area (Å²) in [7, 11) is 0. The van der Waals surface area contributed by atoms with Crippen LogP contribution in [0.15, 0.2) is 27.1 Å². The first-order chi connectivity index (χ1) is 9.30. The monoisotopic (exact) mass is 403 g/mol. The Kier molecular flexibility index (Phi) is 5.33. The van der Waals surface area contributed by atoms with Crippen molar-refractivity contribution in [2.45, 2.75) is 51.7 Å². The predicted molar refractivity (Wildman–Crippen MR) is 90.7 cm³/mol. The smallest absolute Gasteiger partial charge is 0.0772 e. The molecule has 0 atom stereocenters. The summed E-state index contributed by atoms with van der Waals surface area (Å²) in [6.07, 6.45) is 4.01. The first-order valence-electron chi connectivity index (χ1n) is 7.17. The standard InChI is InChI=1S/C16H23Br2NO/c1-15(2)5-7-16(20,8-6-15)11-19-10-12-3-4-13(17)14(18)9-12/h3-4,9,19-20H,5-8,10-11H2,1-2H3. The molecule has 2 rings (SSSR count). The zero-order valence-electron chi connectivity index (χ0n) is 12.2. The van der Waals surface area contributed by atoms with Crippen molar-refractivity contribution in [3.05, 3.63) is 32.7 Å². The summed E-state index contributed by atoms with van der Waals surface area (Å²) in [5, 5.41) is 14.0. The van der Waals surface area contributed by atoms with E-state index in [0.717, 1.165) is 41.2 Å². The summed E-state index contributed by atoms with van der Waals surface area (Å²) in [6, 6.07) is 6.24. The Morgan fingerprint density at radius 3 is 2.35 bits per heavy atom. The maximum atomic E-state index is 10.6. The van der Waals surface area contributed by atoms with Gasteiger partial charge >= 0.3 is 0 Å². The van der Waals surface area contributed by atoms with Crippen LogP contribution in [0.3, 0.4) is 0 Å². The van der Waals surface area contributed by atoms with Crippen LogP contribution in [-0.4, -0.2) is 17.3 Å². The number of halogens is 2. The predicted octanol–water partition coefficient (Wildman–Crippen LogP) is 4.63. The molecule has 0 bridgehead atoms. The normalized spacial score (nSPS) is 20.9. The van der Waals surface area contributed by atoms with Gasteiger partial charge in [-0.2, -0.15) is 0 Å². The highest BCUT2D eigenvalue weighted by Gasteiger charge is 2.36. The van der Waals surface area contributed by atoms with Gasteiger partial charge in [0.2, 0.25) is 0 Å². The number of hydrogen-bond acceptors (Lipinski definition) is 2. The molecule has 0 heterocycles. The number of benzene rings is 1. The fourth-order valence-corrected chi connectivity index (χ4v) is 3.33. The molecule has 1 aliphatic carbocycles. The molecule has 0 aromatic heterocycles. The molecule has 0 aliphatic heterocycles. The molecule has 0 radical (unpaired) electrons. The molecular formula is C16H23Br2NO. The fourth-order valence-electron chi connectivity index (χ4n) is 2.66. The summed E-state index contributed by atoms with van der Waals surface area (Å²) in [6.45, 7) is 6.05. The lowest BCUT2D eigenvalue weighted by Gasteiger charge is -2.40. The van der Waals surface area contributed by atoms with E-state index >= 15 is 0 Å². The maximum Gasteiger partial charge on any atom is 0.0772 e. The van der Waals surface area contributed by atoms with Crippen LogP contribution in [-0.2, 0) is 6.54 Å². The second-order valence-corrected chi connectivity index (χ2v) is 8.45. The van der Waals surface area contributed by atoms with E-state index in [1.54, 1.807) is 0 Å². The molecule has 1 aromatic rings. The molecule has 112 valence electrons. The molecule has 0 amide bonds. The first kappa shape index (κ1) is 16.5. The van der Waals surface area contributed by atoms with Crippen LogP contribution in [0.25, 0.3) is 0 Å². The van der Waals surface area contributed by atoms with Crippen molar-refractivity contribution in [1.82, 2.24) is 5.32 Å². The van der Waals surface area contributed by atoms with Crippen molar-refractivity contribution in [2.75, 3.05) is 6.54 Å². The largest absolute Gasteiger partial charge is 0.389 e. The Morgan fingerprint density at radius 2 is 1.75 bits per heavy atom. The maximum absolute atomic E-state index is 10.6. The molecule has 2 N–H and O–H groups in total. The molecule has 2 nitrogen and oxygen atoms in total. The topological polar surface area (TPSA) is 32.3 Å². The van der Waals surface area contributed by atoms with Gasteiger partial charge in [0.15, 0.2) is 0 Å². The van der Waals surface area contributed by atoms with Gasteiger partial charge < -0.3 is 10.4 Å². The lowest BCUT2D eigenvalue weighted by molar-refractivity contribution is -0.0245. The zero-order chi connectivity index (χ0) is 14.8. The van der Waals surface area contributed by atoms with Crippen LogP contribution < -0.4 is 5.32 Å². The van der Waals surface area contributed by atoms with E-state index in [0.29, 0.717) is 12.0 Å². The molecule has 0 saturated heterocycles. The van der Waals surface area contributed by atoms with Gasteiger partial charge in [-0.15, -0.1) is 0 Å². The van der Waals surface area contributed by atoms with E-state index < -0.39 is 5.60 Å². The van der Waals surface area contributed by atoms with Crippen molar-refractivity contribution in [2.24, 2.45) is 5.41 Å². The second kappa shape index (κ2) is 6.47. The number of hydrogen-bond donors (Lipinski definition) is 2. The van der Waals surface area contributed by atoms with E-state index in [2.05, 4.69) is 63.2 Å². The number of aliphatic hydroxyl groups is 1. The van der Waals surface area contributed by atoms with Crippen LogP contribution in [0.5, 0.6) is 0 Å². The average Bonchev–Trinajstić information content (AvgIpc) is 2.38. The number of nitrogens with one attached hydrogen (secondary N) is 1. The molecule has 1 aromatic carbocycles. The highest BCUT2D eigenvalue weighted by molar-refractivity contribution is 9.13. The van der Waals surface area contributed by atoms with Crippen molar-refractivity contribution in [1.29, 1.82) is 0 Å². The Morgan fingerprint density at radius 1 is 1.10 bits per heavy atom. The van der Waals surface area contributed by atoms with Gasteiger partial charge in [0.1, 0.15) is 0 Å². The Bertz CT molecular complexity index is 464. The molecule has 0 unspecified atom stereocenters. The Labute approximate surface area is 138 Å². The van der Waals surface area contributed by atoms with Crippen LogP contribution >= 0.6 is 31.9 Å². The Hall–Kier alpha value is 0.1000. The lowest BCUT2D eigenvalue weighted by Crippen LogP contribution is -2.44. The molecule has 1 fully saturated rings. The van der Waals surface area contributed by atoms with Crippen LogP contribution in [0.2, 0.25) is 0 Å². The molecule has 20 heavy (non-hydrogen) atoms. The third kappa shape index (κ3) is 4.55. The molecule has 0 spiro atoms. The average molecular weight is 405 g/mol. The van der Waals surface area contributed by atoms with Gasteiger partial charge in [-0.05, 0) is 80.7 Å². The van der Waals surface area contributed by atoms with Crippen molar-refractivity contribution < 1.29 is 5.11 Å². The summed E-state index contributed by atoms with van der Waals surface area (Å²) < 4.78 is 2.13. The lowest BCUT2D eigenvalue weighted by atomic mass is 9.71. The zero-order valence-corrected chi connectivity index (χ0v) is 15.3. The minimum atomic E-state index is -0.526. The van der Waals surface area contributed by atoms with Crippen molar-refractivity contribution >= 4 is 31.9 Å². The number of rotatable bonds is 4. The van der Waals surface area contributed by atoms with Gasteiger partial charge in [0.05, 0.1) is 5.60 Å². The second-order valence-electron chi connectivity index (χ2n) is 6.74. The van der Waals surface area contributed by atoms with Crippen LogP contribution in [0.4, 0.5) is 0 Å². The van der Waals surface area contributed by atoms with E-state index in [1.807, 2.05) is 6.07 Å².